The number of hydrogen-bond donors (Lipinski definition) is 1. The second-order valence-electron chi connectivity index (χ2n) is 3.69. The smallest absolute Gasteiger partial charge is 0.344 e. The van der Waals surface area contributed by atoms with Crippen molar-refractivity contribution < 1.29 is 9.53 Å². The highest BCUT2D eigenvalue weighted by Crippen LogP contribution is 2.28. The Morgan fingerprint density at radius 3 is 2.71 bits per heavy atom. The van der Waals surface area contributed by atoms with Crippen LogP contribution in [0, 0.1) is 0 Å². The number of anilines is 1. The van der Waals surface area contributed by atoms with E-state index in [0.29, 0.717) is 23.0 Å². The molecule has 0 aliphatic heterocycles. The summed E-state index contributed by atoms with van der Waals surface area (Å²) in [6, 6.07) is 0.170. The Morgan fingerprint density at radius 2 is 2.24 bits per heavy atom. The van der Waals surface area contributed by atoms with E-state index in [2.05, 4.69) is 12.0 Å². The lowest BCUT2D eigenvalue weighted by Gasteiger charge is -2.11. The molecule has 1 aromatic heterocycles. The van der Waals surface area contributed by atoms with E-state index in [-0.39, 0.29) is 6.04 Å². The molecule has 2 N–H and O–H groups in total. The molecule has 0 bridgehead atoms. The zero-order valence-corrected chi connectivity index (χ0v) is 11.5. The fourth-order valence-corrected chi connectivity index (χ4v) is 2.03. The van der Waals surface area contributed by atoms with Crippen LogP contribution in [-0.2, 0) is 4.74 Å². The Kier molecular flexibility index (Phi) is 4.86. The van der Waals surface area contributed by atoms with Crippen molar-refractivity contribution in [2.75, 3.05) is 18.6 Å². The fraction of sp³-hybridized carbons (Fsp3) is 0.636. The highest BCUT2D eigenvalue weighted by Gasteiger charge is 2.24. The predicted octanol–water partition coefficient (Wildman–Crippen LogP) is 2.33. The number of nitrogens with two attached hydrogens (primary N) is 1. The van der Waals surface area contributed by atoms with Crippen LogP contribution >= 0.6 is 11.8 Å². The van der Waals surface area contributed by atoms with Crippen LogP contribution in [0.15, 0.2) is 5.03 Å². The van der Waals surface area contributed by atoms with Crippen LogP contribution in [0.2, 0.25) is 0 Å². The van der Waals surface area contributed by atoms with Crippen molar-refractivity contribution in [3.8, 4) is 0 Å². The molecule has 96 valence electrons. The Balaban J connectivity index is 3.19. The van der Waals surface area contributed by atoms with Gasteiger partial charge in [0.2, 0.25) is 0 Å². The maximum Gasteiger partial charge on any atom is 0.344 e. The third kappa shape index (κ3) is 2.74. The standard InChI is InChI=1S/C11H19N3O2S/c1-5-7(3)14-9(12)8(10(13-14)17-4)11(15)16-6-2/h7H,5-6,12H2,1-4H3. The molecule has 0 aliphatic carbocycles. The van der Waals surface area contributed by atoms with Crippen molar-refractivity contribution in [1.29, 1.82) is 0 Å². The average Bonchev–Trinajstić information content (AvgIpc) is 2.65. The molecule has 1 unspecified atom stereocenters. The van der Waals surface area contributed by atoms with Crippen LogP contribution < -0.4 is 5.73 Å². The van der Waals surface area contributed by atoms with Crippen LogP contribution in [0.5, 0.6) is 0 Å². The molecular weight excluding hydrogens is 238 g/mol. The fourth-order valence-electron chi connectivity index (χ4n) is 1.47. The molecule has 17 heavy (non-hydrogen) atoms. The molecule has 0 amide bonds. The highest BCUT2D eigenvalue weighted by molar-refractivity contribution is 7.98. The molecular formula is C11H19N3O2S. The van der Waals surface area contributed by atoms with Gasteiger partial charge in [-0.05, 0) is 26.5 Å². The number of esters is 1. The molecule has 0 aliphatic rings. The van der Waals surface area contributed by atoms with Gasteiger partial charge in [0.1, 0.15) is 16.4 Å². The number of nitrogens with zero attached hydrogens (tertiary/aromatic N) is 2. The number of thioether (sulfide) groups is 1. The van der Waals surface area contributed by atoms with Gasteiger partial charge in [0, 0.05) is 0 Å². The van der Waals surface area contributed by atoms with Crippen LogP contribution in [0.3, 0.4) is 0 Å². The summed E-state index contributed by atoms with van der Waals surface area (Å²) in [5, 5.41) is 4.98. The molecule has 1 aromatic rings. The van der Waals surface area contributed by atoms with Crippen molar-refractivity contribution in [2.24, 2.45) is 0 Å². The van der Waals surface area contributed by atoms with Crippen molar-refractivity contribution in [3.05, 3.63) is 5.56 Å². The summed E-state index contributed by atoms with van der Waals surface area (Å²) in [4.78, 5) is 11.8. The monoisotopic (exact) mass is 257 g/mol. The molecule has 6 heteroatoms. The Hall–Kier alpha value is -1.17. The second-order valence-corrected chi connectivity index (χ2v) is 4.49. The lowest BCUT2D eigenvalue weighted by molar-refractivity contribution is 0.0523. The quantitative estimate of drug-likeness (QED) is 0.647. The number of carbonyl (C=O) groups excluding carboxylic acids is 1. The lowest BCUT2D eigenvalue weighted by Crippen LogP contribution is -2.12. The minimum atomic E-state index is -0.399. The van der Waals surface area contributed by atoms with E-state index in [1.54, 1.807) is 11.6 Å². The number of aromatic nitrogens is 2. The Morgan fingerprint density at radius 1 is 1.59 bits per heavy atom. The zero-order valence-electron chi connectivity index (χ0n) is 10.7. The Labute approximate surface area is 106 Å². The first kappa shape index (κ1) is 13.9. The highest BCUT2D eigenvalue weighted by atomic mass is 32.2. The average molecular weight is 257 g/mol. The van der Waals surface area contributed by atoms with Gasteiger partial charge in [-0.2, -0.15) is 5.10 Å². The molecule has 0 spiro atoms. The Bertz CT molecular complexity index is 404. The summed E-state index contributed by atoms with van der Waals surface area (Å²) in [6.45, 7) is 6.17. The van der Waals surface area contributed by atoms with E-state index in [1.807, 2.05) is 13.2 Å². The number of nitrogen functional groups attached to an aromatic ring is 1. The SMILES string of the molecule is CCOC(=O)c1c(SC)nn(C(C)CC)c1N. The predicted molar refractivity (Wildman–Crippen MR) is 69.4 cm³/mol. The molecule has 0 aromatic carbocycles. The summed E-state index contributed by atoms with van der Waals surface area (Å²) in [5.74, 6) is -0.00828. The van der Waals surface area contributed by atoms with E-state index < -0.39 is 5.97 Å². The minimum absolute atomic E-state index is 0.170. The lowest BCUT2D eigenvalue weighted by atomic mass is 10.2. The van der Waals surface area contributed by atoms with Crippen molar-refractivity contribution in [2.45, 2.75) is 38.3 Å². The van der Waals surface area contributed by atoms with Gasteiger partial charge in [-0.15, -0.1) is 11.8 Å². The van der Waals surface area contributed by atoms with Gasteiger partial charge in [-0.1, -0.05) is 6.92 Å². The van der Waals surface area contributed by atoms with Crippen molar-refractivity contribution in [1.82, 2.24) is 9.78 Å². The number of carbonyl (C=O) groups is 1. The van der Waals surface area contributed by atoms with E-state index in [4.69, 9.17) is 10.5 Å². The maximum atomic E-state index is 11.8. The largest absolute Gasteiger partial charge is 0.462 e. The molecule has 0 fully saturated rings. The first-order valence-electron chi connectivity index (χ1n) is 5.65. The van der Waals surface area contributed by atoms with Crippen LogP contribution in [0.1, 0.15) is 43.6 Å². The van der Waals surface area contributed by atoms with Crippen molar-refractivity contribution in [3.63, 3.8) is 0 Å². The van der Waals surface area contributed by atoms with Crippen LogP contribution in [-0.4, -0.2) is 28.6 Å². The molecule has 1 rings (SSSR count). The van der Waals surface area contributed by atoms with Gasteiger partial charge in [0.25, 0.3) is 0 Å². The van der Waals surface area contributed by atoms with E-state index in [1.165, 1.54) is 11.8 Å². The summed E-state index contributed by atoms with van der Waals surface area (Å²) in [6.07, 6.45) is 2.77. The molecule has 1 atom stereocenters. The topological polar surface area (TPSA) is 70.1 Å². The van der Waals surface area contributed by atoms with Gasteiger partial charge in [0.05, 0.1) is 12.6 Å². The molecule has 0 saturated carbocycles. The molecule has 5 nitrogen and oxygen atoms in total. The van der Waals surface area contributed by atoms with Gasteiger partial charge in [-0.3, -0.25) is 0 Å². The van der Waals surface area contributed by atoms with Gasteiger partial charge in [0.15, 0.2) is 0 Å². The first-order valence-corrected chi connectivity index (χ1v) is 6.88. The van der Waals surface area contributed by atoms with E-state index in [0.717, 1.165) is 6.42 Å². The summed E-state index contributed by atoms with van der Waals surface area (Å²) < 4.78 is 6.68. The van der Waals surface area contributed by atoms with Crippen LogP contribution in [0.25, 0.3) is 0 Å². The summed E-state index contributed by atoms with van der Waals surface area (Å²) >= 11 is 1.40. The normalized spacial score (nSPS) is 12.5. The molecule has 1 heterocycles. The van der Waals surface area contributed by atoms with Gasteiger partial charge < -0.3 is 10.5 Å². The van der Waals surface area contributed by atoms with E-state index >= 15 is 0 Å². The second kappa shape index (κ2) is 5.95. The van der Waals surface area contributed by atoms with Gasteiger partial charge in [-0.25, -0.2) is 9.48 Å². The van der Waals surface area contributed by atoms with Crippen LogP contribution in [0.4, 0.5) is 5.82 Å². The maximum absolute atomic E-state index is 11.8. The molecule has 0 saturated heterocycles. The number of hydrogen-bond acceptors (Lipinski definition) is 5. The third-order valence-corrected chi connectivity index (χ3v) is 3.27. The van der Waals surface area contributed by atoms with Crippen molar-refractivity contribution >= 4 is 23.5 Å². The summed E-state index contributed by atoms with van der Waals surface area (Å²) in [5.41, 5.74) is 6.36. The third-order valence-electron chi connectivity index (χ3n) is 2.60. The van der Waals surface area contributed by atoms with Gasteiger partial charge >= 0.3 is 5.97 Å². The minimum Gasteiger partial charge on any atom is -0.462 e. The first-order chi connectivity index (χ1) is 8.06. The number of ether oxygens (including phenoxy) is 1. The molecule has 0 radical (unpaired) electrons. The number of rotatable bonds is 5. The van der Waals surface area contributed by atoms with E-state index in [9.17, 15) is 4.79 Å². The summed E-state index contributed by atoms with van der Waals surface area (Å²) in [7, 11) is 0. The zero-order chi connectivity index (χ0) is 13.0.